The van der Waals surface area contributed by atoms with Gasteiger partial charge in [-0.15, -0.1) is 0 Å². The van der Waals surface area contributed by atoms with Gasteiger partial charge in [0.2, 0.25) is 0 Å². The molecule has 1 aromatic rings. The fraction of sp³-hybridized carbons (Fsp3) is 0.500. The van der Waals surface area contributed by atoms with Gasteiger partial charge in [-0.25, -0.2) is 0 Å². The first-order chi connectivity index (χ1) is 9.93. The second-order valence-corrected chi connectivity index (χ2v) is 5.65. The zero-order valence-corrected chi connectivity index (χ0v) is 15.1. The summed E-state index contributed by atoms with van der Waals surface area (Å²) in [7, 11) is 4.25. The van der Waals surface area contributed by atoms with E-state index in [2.05, 4.69) is 70.6 Å². The molecule has 0 heterocycles. The summed E-state index contributed by atoms with van der Waals surface area (Å²) in [6.45, 7) is 15.5. The number of allylic oxidation sites excluding steroid dienone is 2. The minimum atomic E-state index is 0.970. The van der Waals surface area contributed by atoms with E-state index in [-0.39, 0.29) is 0 Å². The van der Waals surface area contributed by atoms with Crippen LogP contribution in [0.25, 0.3) is 5.57 Å². The number of benzene rings is 1. The molecule has 0 amide bonds. The Morgan fingerprint density at radius 1 is 1.24 bits per heavy atom. The zero-order chi connectivity index (χ0) is 16.4. The standard InChI is InChI=1S/C18H27N.C2H6/c1-7-17(10-11-19(5)6)18-13-16(12-14(2)3)9-8-15(18)4;1-2/h7-9,13H,2,10-12H2,1,3-6H3;1-2H3/b17-7-;. The molecule has 0 aliphatic heterocycles. The predicted octanol–water partition coefficient (Wildman–Crippen LogP) is 5.49. The fourth-order valence-electron chi connectivity index (χ4n) is 2.25. The number of hydrogen-bond donors (Lipinski definition) is 0. The summed E-state index contributed by atoms with van der Waals surface area (Å²) in [4.78, 5) is 2.23. The summed E-state index contributed by atoms with van der Waals surface area (Å²) in [5, 5.41) is 0. The zero-order valence-electron chi connectivity index (χ0n) is 15.1. The largest absolute Gasteiger partial charge is 0.309 e. The van der Waals surface area contributed by atoms with Crippen molar-refractivity contribution in [3.05, 3.63) is 53.1 Å². The van der Waals surface area contributed by atoms with Crippen LogP contribution >= 0.6 is 0 Å². The molecular formula is C20H33N. The van der Waals surface area contributed by atoms with Crippen LogP contribution in [0.5, 0.6) is 0 Å². The molecule has 0 fully saturated rings. The van der Waals surface area contributed by atoms with Gasteiger partial charge < -0.3 is 4.90 Å². The highest BCUT2D eigenvalue weighted by Gasteiger charge is 2.06. The first kappa shape index (κ1) is 19.7. The first-order valence-electron chi connectivity index (χ1n) is 7.98. The van der Waals surface area contributed by atoms with Gasteiger partial charge in [-0.3, -0.25) is 0 Å². The van der Waals surface area contributed by atoms with Crippen LogP contribution in [-0.4, -0.2) is 25.5 Å². The lowest BCUT2D eigenvalue weighted by molar-refractivity contribution is 0.419. The van der Waals surface area contributed by atoms with E-state index in [1.54, 1.807) is 0 Å². The lowest BCUT2D eigenvalue weighted by Gasteiger charge is -2.15. The molecule has 21 heavy (non-hydrogen) atoms. The number of nitrogens with zero attached hydrogens (tertiary/aromatic N) is 1. The van der Waals surface area contributed by atoms with Crippen LogP contribution in [0.15, 0.2) is 36.4 Å². The topological polar surface area (TPSA) is 3.24 Å². The summed E-state index contributed by atoms with van der Waals surface area (Å²) in [5.41, 5.74) is 6.76. The second-order valence-electron chi connectivity index (χ2n) is 5.65. The van der Waals surface area contributed by atoms with Crippen molar-refractivity contribution < 1.29 is 0 Å². The van der Waals surface area contributed by atoms with Crippen molar-refractivity contribution in [2.45, 2.75) is 47.5 Å². The van der Waals surface area contributed by atoms with Crippen LogP contribution < -0.4 is 0 Å². The molecule has 0 aliphatic rings. The van der Waals surface area contributed by atoms with E-state index in [9.17, 15) is 0 Å². The summed E-state index contributed by atoms with van der Waals surface area (Å²) < 4.78 is 0. The summed E-state index contributed by atoms with van der Waals surface area (Å²) in [5.74, 6) is 0. The monoisotopic (exact) mass is 287 g/mol. The van der Waals surface area contributed by atoms with E-state index in [1.165, 1.54) is 27.8 Å². The maximum Gasteiger partial charge on any atom is 0.00158 e. The Hall–Kier alpha value is -1.34. The van der Waals surface area contributed by atoms with Gasteiger partial charge in [0.05, 0.1) is 0 Å². The molecule has 0 N–H and O–H groups in total. The van der Waals surface area contributed by atoms with E-state index < -0.39 is 0 Å². The third-order valence-corrected chi connectivity index (χ3v) is 3.33. The van der Waals surface area contributed by atoms with E-state index in [4.69, 9.17) is 0 Å². The average molecular weight is 287 g/mol. The number of hydrogen-bond acceptors (Lipinski definition) is 1. The molecule has 1 rings (SSSR count). The van der Waals surface area contributed by atoms with Crippen molar-refractivity contribution in [2.75, 3.05) is 20.6 Å². The Bertz CT molecular complexity index is 467. The summed E-state index contributed by atoms with van der Waals surface area (Å²) in [6, 6.07) is 6.77. The molecule has 0 unspecified atom stereocenters. The molecule has 1 heteroatoms. The van der Waals surface area contributed by atoms with E-state index in [0.717, 1.165) is 19.4 Å². The Kier molecular flexibility index (Phi) is 9.73. The van der Waals surface area contributed by atoms with Crippen molar-refractivity contribution in [1.82, 2.24) is 4.90 Å². The van der Waals surface area contributed by atoms with Gasteiger partial charge in [0, 0.05) is 6.54 Å². The smallest absolute Gasteiger partial charge is 0.00158 e. The summed E-state index contributed by atoms with van der Waals surface area (Å²) >= 11 is 0. The van der Waals surface area contributed by atoms with Gasteiger partial charge >= 0.3 is 0 Å². The average Bonchev–Trinajstić information content (AvgIpc) is 2.44. The van der Waals surface area contributed by atoms with Crippen molar-refractivity contribution in [1.29, 1.82) is 0 Å². The molecule has 118 valence electrons. The van der Waals surface area contributed by atoms with E-state index in [1.807, 2.05) is 13.8 Å². The minimum absolute atomic E-state index is 0.970. The SMILES string of the molecule is C=C(C)Cc1ccc(C)c(/C(=C\C)CCN(C)C)c1.CC. The van der Waals surface area contributed by atoms with Crippen LogP contribution in [0.2, 0.25) is 0 Å². The molecule has 0 atom stereocenters. The molecule has 1 nitrogen and oxygen atoms in total. The van der Waals surface area contributed by atoms with Crippen LogP contribution in [0, 0.1) is 6.92 Å². The van der Waals surface area contributed by atoms with Crippen molar-refractivity contribution in [3.63, 3.8) is 0 Å². The van der Waals surface area contributed by atoms with Crippen LogP contribution in [0.4, 0.5) is 0 Å². The Labute approximate surface area is 132 Å². The third kappa shape index (κ3) is 7.29. The molecule has 0 bridgehead atoms. The van der Waals surface area contributed by atoms with Crippen molar-refractivity contribution in [2.24, 2.45) is 0 Å². The highest BCUT2D eigenvalue weighted by atomic mass is 15.0. The molecule has 0 aromatic heterocycles. The van der Waals surface area contributed by atoms with Crippen LogP contribution in [0.1, 0.15) is 50.8 Å². The predicted molar refractivity (Wildman–Crippen MR) is 97.9 cm³/mol. The Balaban J connectivity index is 0.00000191. The van der Waals surface area contributed by atoms with Crippen LogP contribution in [0.3, 0.4) is 0 Å². The van der Waals surface area contributed by atoms with E-state index >= 15 is 0 Å². The van der Waals surface area contributed by atoms with Crippen molar-refractivity contribution >= 4 is 5.57 Å². The second kappa shape index (κ2) is 10.4. The van der Waals surface area contributed by atoms with Gasteiger partial charge in [-0.05, 0) is 70.0 Å². The maximum atomic E-state index is 4.01. The van der Waals surface area contributed by atoms with Gasteiger partial charge in [0.25, 0.3) is 0 Å². The lowest BCUT2D eigenvalue weighted by atomic mass is 9.94. The third-order valence-electron chi connectivity index (χ3n) is 3.33. The van der Waals surface area contributed by atoms with Crippen LogP contribution in [-0.2, 0) is 6.42 Å². The fourth-order valence-corrected chi connectivity index (χ4v) is 2.25. The van der Waals surface area contributed by atoms with Gasteiger partial charge in [-0.2, -0.15) is 0 Å². The Morgan fingerprint density at radius 3 is 2.33 bits per heavy atom. The first-order valence-corrected chi connectivity index (χ1v) is 7.98. The molecule has 0 aliphatic carbocycles. The highest BCUT2D eigenvalue weighted by molar-refractivity contribution is 5.68. The molecule has 1 aromatic carbocycles. The highest BCUT2D eigenvalue weighted by Crippen LogP contribution is 2.24. The maximum absolute atomic E-state index is 4.01. The van der Waals surface area contributed by atoms with Crippen molar-refractivity contribution in [3.8, 4) is 0 Å². The van der Waals surface area contributed by atoms with Gasteiger partial charge in [0.1, 0.15) is 0 Å². The Morgan fingerprint density at radius 2 is 1.86 bits per heavy atom. The number of aryl methyl sites for hydroxylation is 1. The summed E-state index contributed by atoms with van der Waals surface area (Å²) in [6.07, 6.45) is 4.31. The molecule has 0 saturated carbocycles. The molecule has 0 saturated heterocycles. The number of rotatable bonds is 6. The lowest BCUT2D eigenvalue weighted by Crippen LogP contribution is -2.13. The molecule has 0 radical (unpaired) electrons. The molecular weight excluding hydrogens is 254 g/mol. The van der Waals surface area contributed by atoms with Gasteiger partial charge in [-0.1, -0.05) is 50.3 Å². The minimum Gasteiger partial charge on any atom is -0.309 e. The molecule has 0 spiro atoms. The quantitative estimate of drug-likeness (QED) is 0.625. The van der Waals surface area contributed by atoms with E-state index in [0.29, 0.717) is 0 Å². The normalized spacial score (nSPS) is 11.1. The van der Waals surface area contributed by atoms with Gasteiger partial charge in [0.15, 0.2) is 0 Å².